The van der Waals surface area contributed by atoms with Crippen LogP contribution in [0.4, 0.5) is 10.2 Å². The van der Waals surface area contributed by atoms with Crippen molar-refractivity contribution in [2.75, 3.05) is 18.0 Å². The number of anilines is 1. The molecule has 6 heteroatoms. The van der Waals surface area contributed by atoms with Gasteiger partial charge in [-0.05, 0) is 44.2 Å². The van der Waals surface area contributed by atoms with Crippen molar-refractivity contribution in [2.45, 2.75) is 57.2 Å². The van der Waals surface area contributed by atoms with Crippen molar-refractivity contribution in [1.82, 2.24) is 15.6 Å². The zero-order valence-electron chi connectivity index (χ0n) is 13.6. The van der Waals surface area contributed by atoms with Crippen LogP contribution in [0.15, 0.2) is 18.3 Å². The Balaban J connectivity index is 1.46. The third kappa shape index (κ3) is 4.19. The van der Waals surface area contributed by atoms with Crippen molar-refractivity contribution >= 4 is 11.7 Å². The summed E-state index contributed by atoms with van der Waals surface area (Å²) in [6.07, 6.45) is 6.88. The molecule has 23 heavy (non-hydrogen) atoms. The van der Waals surface area contributed by atoms with Crippen molar-refractivity contribution < 1.29 is 9.18 Å². The van der Waals surface area contributed by atoms with Crippen molar-refractivity contribution in [3.05, 3.63) is 24.1 Å². The highest BCUT2D eigenvalue weighted by atomic mass is 19.1. The lowest BCUT2D eigenvalue weighted by molar-refractivity contribution is -0.119. The molecule has 0 radical (unpaired) electrons. The van der Waals surface area contributed by atoms with E-state index >= 15 is 0 Å². The molecule has 0 unspecified atom stereocenters. The smallest absolute Gasteiger partial charge is 0.217 e. The summed E-state index contributed by atoms with van der Waals surface area (Å²) in [7, 11) is 0. The van der Waals surface area contributed by atoms with Crippen LogP contribution in [-0.4, -0.2) is 42.1 Å². The molecule has 1 aromatic rings. The summed E-state index contributed by atoms with van der Waals surface area (Å²) >= 11 is 0. The Hall–Kier alpha value is -1.69. The molecular weight excluding hydrogens is 295 g/mol. The van der Waals surface area contributed by atoms with Gasteiger partial charge in [0.25, 0.3) is 0 Å². The molecule has 2 fully saturated rings. The number of hydrogen-bond donors (Lipinski definition) is 2. The number of amides is 1. The van der Waals surface area contributed by atoms with E-state index in [1.54, 1.807) is 19.2 Å². The van der Waals surface area contributed by atoms with Crippen LogP contribution in [0.2, 0.25) is 0 Å². The Morgan fingerprint density at radius 2 is 1.96 bits per heavy atom. The molecule has 0 bridgehead atoms. The van der Waals surface area contributed by atoms with Crippen LogP contribution in [-0.2, 0) is 4.79 Å². The third-order valence-electron chi connectivity index (χ3n) is 4.83. The lowest BCUT2D eigenvalue weighted by Crippen LogP contribution is -2.45. The number of rotatable bonds is 4. The van der Waals surface area contributed by atoms with Gasteiger partial charge in [0, 0.05) is 44.3 Å². The van der Waals surface area contributed by atoms with E-state index in [2.05, 4.69) is 15.6 Å². The fourth-order valence-electron chi connectivity index (χ4n) is 3.72. The average Bonchev–Trinajstić information content (AvgIpc) is 2.97. The van der Waals surface area contributed by atoms with Gasteiger partial charge in [-0.15, -0.1) is 0 Å². The van der Waals surface area contributed by atoms with Gasteiger partial charge in [0.1, 0.15) is 0 Å². The minimum absolute atomic E-state index is 0.0604. The maximum absolute atomic E-state index is 13.8. The molecule has 0 aromatic carbocycles. The van der Waals surface area contributed by atoms with Crippen LogP contribution in [0, 0.1) is 5.82 Å². The number of carbonyl (C=O) groups is 1. The Morgan fingerprint density at radius 3 is 2.65 bits per heavy atom. The molecule has 1 aliphatic carbocycles. The second-order valence-corrected chi connectivity index (χ2v) is 6.66. The molecule has 1 saturated carbocycles. The SMILES string of the molecule is CC(=O)NC1CCC(N[C@H]2CCN(c3ncccc3F)C2)CC1. The number of nitrogens with one attached hydrogen (secondary N) is 2. The second kappa shape index (κ2) is 7.25. The van der Waals surface area contributed by atoms with Crippen LogP contribution >= 0.6 is 0 Å². The monoisotopic (exact) mass is 320 g/mol. The van der Waals surface area contributed by atoms with Crippen molar-refractivity contribution in [2.24, 2.45) is 0 Å². The fourth-order valence-corrected chi connectivity index (χ4v) is 3.72. The molecule has 2 heterocycles. The van der Waals surface area contributed by atoms with Crippen LogP contribution in [0.1, 0.15) is 39.0 Å². The second-order valence-electron chi connectivity index (χ2n) is 6.66. The van der Waals surface area contributed by atoms with Crippen molar-refractivity contribution in [3.8, 4) is 0 Å². The quantitative estimate of drug-likeness (QED) is 0.889. The average molecular weight is 320 g/mol. The molecule has 1 aromatic heterocycles. The van der Waals surface area contributed by atoms with E-state index in [0.717, 1.165) is 45.2 Å². The van der Waals surface area contributed by atoms with Crippen LogP contribution in [0.25, 0.3) is 0 Å². The Kier molecular flexibility index (Phi) is 5.10. The highest BCUT2D eigenvalue weighted by Gasteiger charge is 2.29. The van der Waals surface area contributed by atoms with Gasteiger partial charge in [0.15, 0.2) is 11.6 Å². The van der Waals surface area contributed by atoms with Gasteiger partial charge in [0.2, 0.25) is 5.91 Å². The molecular formula is C17H25FN4O. The first-order valence-corrected chi connectivity index (χ1v) is 8.50. The van der Waals surface area contributed by atoms with Crippen LogP contribution in [0.3, 0.4) is 0 Å². The van der Waals surface area contributed by atoms with Gasteiger partial charge in [-0.3, -0.25) is 4.79 Å². The fraction of sp³-hybridized carbons (Fsp3) is 0.647. The lowest BCUT2D eigenvalue weighted by Gasteiger charge is -2.31. The summed E-state index contributed by atoms with van der Waals surface area (Å²) in [6.45, 7) is 3.22. The van der Waals surface area contributed by atoms with Gasteiger partial charge in [-0.2, -0.15) is 0 Å². The van der Waals surface area contributed by atoms with Gasteiger partial charge >= 0.3 is 0 Å². The highest BCUT2D eigenvalue weighted by molar-refractivity contribution is 5.73. The molecule has 1 aliphatic heterocycles. The zero-order chi connectivity index (χ0) is 16.2. The number of hydrogen-bond acceptors (Lipinski definition) is 4. The minimum atomic E-state index is -0.246. The highest BCUT2D eigenvalue weighted by Crippen LogP contribution is 2.23. The van der Waals surface area contributed by atoms with Crippen molar-refractivity contribution in [1.29, 1.82) is 0 Å². The van der Waals surface area contributed by atoms with E-state index in [4.69, 9.17) is 0 Å². The molecule has 5 nitrogen and oxygen atoms in total. The Labute approximate surface area is 136 Å². The third-order valence-corrected chi connectivity index (χ3v) is 4.83. The number of aromatic nitrogens is 1. The van der Waals surface area contributed by atoms with E-state index in [0.29, 0.717) is 23.9 Å². The number of carbonyl (C=O) groups excluding carboxylic acids is 1. The first-order valence-electron chi connectivity index (χ1n) is 8.50. The standard InChI is InChI=1S/C17H25FN4O/c1-12(23)20-13-4-6-14(7-5-13)21-15-8-10-22(11-15)17-16(18)3-2-9-19-17/h2-3,9,13-15,21H,4-8,10-11H2,1H3,(H,20,23)/t13?,14?,15-/m0/s1. The largest absolute Gasteiger partial charge is 0.354 e. The van der Waals surface area contributed by atoms with E-state index in [-0.39, 0.29) is 11.7 Å². The summed E-state index contributed by atoms with van der Waals surface area (Å²) in [6, 6.07) is 4.30. The van der Waals surface area contributed by atoms with Crippen LogP contribution in [0.5, 0.6) is 0 Å². The first-order chi connectivity index (χ1) is 11.1. The molecule has 2 aliphatic rings. The summed E-state index contributed by atoms with van der Waals surface area (Å²) in [5.41, 5.74) is 0. The summed E-state index contributed by atoms with van der Waals surface area (Å²) in [5.74, 6) is 0.278. The normalized spacial score (nSPS) is 27.9. The van der Waals surface area contributed by atoms with E-state index in [1.165, 1.54) is 6.07 Å². The van der Waals surface area contributed by atoms with Gasteiger partial charge in [0.05, 0.1) is 0 Å². The number of halogens is 1. The first kappa shape index (κ1) is 16.2. The molecule has 2 N–H and O–H groups in total. The topological polar surface area (TPSA) is 57.3 Å². The Morgan fingerprint density at radius 1 is 1.22 bits per heavy atom. The number of nitrogens with zero attached hydrogens (tertiary/aromatic N) is 2. The summed E-state index contributed by atoms with van der Waals surface area (Å²) in [5, 5.41) is 6.71. The lowest BCUT2D eigenvalue weighted by atomic mass is 9.90. The van der Waals surface area contributed by atoms with Gasteiger partial charge in [-0.25, -0.2) is 9.37 Å². The van der Waals surface area contributed by atoms with E-state index in [9.17, 15) is 9.18 Å². The molecule has 1 atom stereocenters. The minimum Gasteiger partial charge on any atom is -0.354 e. The molecule has 1 amide bonds. The maximum atomic E-state index is 13.8. The maximum Gasteiger partial charge on any atom is 0.217 e. The summed E-state index contributed by atoms with van der Waals surface area (Å²) < 4.78 is 13.8. The summed E-state index contributed by atoms with van der Waals surface area (Å²) in [4.78, 5) is 17.3. The van der Waals surface area contributed by atoms with Crippen molar-refractivity contribution in [3.63, 3.8) is 0 Å². The van der Waals surface area contributed by atoms with E-state index < -0.39 is 0 Å². The van der Waals surface area contributed by atoms with E-state index in [1.807, 2.05) is 4.90 Å². The zero-order valence-corrected chi connectivity index (χ0v) is 13.6. The van der Waals surface area contributed by atoms with Gasteiger partial charge < -0.3 is 15.5 Å². The molecule has 0 spiro atoms. The predicted octanol–water partition coefficient (Wildman–Crippen LogP) is 1.84. The molecule has 126 valence electrons. The van der Waals surface area contributed by atoms with Crippen LogP contribution < -0.4 is 15.5 Å². The molecule has 1 saturated heterocycles. The Bertz CT molecular complexity index is 545. The predicted molar refractivity (Wildman–Crippen MR) is 87.8 cm³/mol. The molecule has 3 rings (SSSR count). The van der Waals surface area contributed by atoms with Gasteiger partial charge in [-0.1, -0.05) is 0 Å². The number of pyridine rings is 1.